The first-order valence-corrected chi connectivity index (χ1v) is 8.97. The normalized spacial score (nSPS) is 10.5. The Morgan fingerprint density at radius 1 is 0.867 bits per heavy atom. The first kappa shape index (κ1) is 20.5. The summed E-state index contributed by atoms with van der Waals surface area (Å²) in [6.45, 7) is -0.374. The molecule has 0 aliphatic heterocycles. The molecule has 0 saturated carbocycles. The van der Waals surface area contributed by atoms with Crippen molar-refractivity contribution in [3.05, 3.63) is 106 Å². The van der Waals surface area contributed by atoms with E-state index < -0.39 is 10.9 Å². The summed E-state index contributed by atoms with van der Waals surface area (Å²) in [5.41, 5.74) is 1.19. The van der Waals surface area contributed by atoms with Gasteiger partial charge in [-0.05, 0) is 48.0 Å². The van der Waals surface area contributed by atoms with Gasteiger partial charge in [-0.15, -0.1) is 0 Å². The van der Waals surface area contributed by atoms with Crippen molar-refractivity contribution in [3.8, 4) is 11.5 Å². The van der Waals surface area contributed by atoms with Gasteiger partial charge in [0.2, 0.25) is 0 Å². The minimum Gasteiger partial charge on any atom is -0.457 e. The minimum absolute atomic E-state index is 0.0311. The molecule has 7 heteroatoms. The van der Waals surface area contributed by atoms with Gasteiger partial charge in [-0.3, -0.25) is 14.9 Å². The third kappa shape index (κ3) is 5.87. The van der Waals surface area contributed by atoms with E-state index in [1.165, 1.54) is 30.3 Å². The lowest BCUT2D eigenvalue weighted by atomic mass is 10.1. The van der Waals surface area contributed by atoms with Crippen molar-refractivity contribution in [1.29, 1.82) is 0 Å². The van der Waals surface area contributed by atoms with Crippen molar-refractivity contribution < 1.29 is 24.0 Å². The monoisotopic (exact) mass is 403 g/mol. The summed E-state index contributed by atoms with van der Waals surface area (Å²) in [7, 11) is 0. The summed E-state index contributed by atoms with van der Waals surface area (Å²) >= 11 is 0. The summed E-state index contributed by atoms with van der Waals surface area (Å²) < 4.78 is 10.6. The van der Waals surface area contributed by atoms with Crippen LogP contribution in [0.25, 0.3) is 6.08 Å². The van der Waals surface area contributed by atoms with Crippen molar-refractivity contribution >= 4 is 23.5 Å². The van der Waals surface area contributed by atoms with Gasteiger partial charge in [-0.25, -0.2) is 4.79 Å². The number of hydrogen-bond donors (Lipinski definition) is 0. The second-order valence-corrected chi connectivity index (χ2v) is 6.15. The zero-order valence-electron chi connectivity index (χ0n) is 15.8. The van der Waals surface area contributed by atoms with E-state index in [1.54, 1.807) is 30.3 Å². The molecule has 0 heterocycles. The molecule has 0 aromatic heterocycles. The maximum absolute atomic E-state index is 12.2. The molecular weight excluding hydrogens is 386 g/mol. The van der Waals surface area contributed by atoms with E-state index in [1.807, 2.05) is 30.3 Å². The number of ether oxygens (including phenoxy) is 2. The number of Topliss-reactive ketones (excluding diaryl/α,β-unsaturated/α-hetero) is 1. The van der Waals surface area contributed by atoms with Crippen LogP contribution in [0.5, 0.6) is 11.5 Å². The van der Waals surface area contributed by atoms with Gasteiger partial charge in [0.05, 0.1) is 4.92 Å². The van der Waals surface area contributed by atoms with E-state index in [2.05, 4.69) is 0 Å². The Balaban J connectivity index is 1.51. The number of nitrogens with zero attached hydrogens (tertiary/aromatic N) is 1. The molecule has 30 heavy (non-hydrogen) atoms. The number of nitro groups is 1. The Morgan fingerprint density at radius 3 is 2.07 bits per heavy atom. The fraction of sp³-hybridized carbons (Fsp3) is 0.0435. The molecule has 0 atom stereocenters. The topological polar surface area (TPSA) is 95.7 Å². The van der Waals surface area contributed by atoms with Crippen LogP contribution in [-0.2, 0) is 9.53 Å². The number of esters is 1. The molecule has 0 bridgehead atoms. The highest BCUT2D eigenvalue weighted by molar-refractivity contribution is 5.99. The number of non-ortho nitro benzene ring substituents is 1. The average molecular weight is 403 g/mol. The van der Waals surface area contributed by atoms with Crippen LogP contribution in [0.2, 0.25) is 0 Å². The maximum atomic E-state index is 12.2. The van der Waals surface area contributed by atoms with Crippen LogP contribution in [0.4, 0.5) is 5.69 Å². The SMILES string of the molecule is O=C(C=Cc1ccccc1)OCC(=O)c1ccc(Oc2ccc([N+](=O)[O-])cc2)cc1. The van der Waals surface area contributed by atoms with Gasteiger partial charge < -0.3 is 9.47 Å². The number of carbonyl (C=O) groups excluding carboxylic acids is 2. The molecule has 0 N–H and O–H groups in total. The molecule has 0 aliphatic rings. The number of ketones is 1. The number of rotatable bonds is 8. The summed E-state index contributed by atoms with van der Waals surface area (Å²) in [5, 5.41) is 10.7. The van der Waals surface area contributed by atoms with Crippen LogP contribution in [-0.4, -0.2) is 23.3 Å². The Bertz CT molecular complexity index is 1060. The Morgan fingerprint density at radius 2 is 1.47 bits per heavy atom. The van der Waals surface area contributed by atoms with Crippen molar-refractivity contribution in [3.63, 3.8) is 0 Å². The number of nitro benzene ring substituents is 1. The highest BCUT2D eigenvalue weighted by atomic mass is 16.6. The lowest BCUT2D eigenvalue weighted by molar-refractivity contribution is -0.384. The zero-order chi connectivity index (χ0) is 21.3. The standard InChI is InChI=1S/C23H17NO6/c25-22(16-29-23(26)15-6-17-4-2-1-3-5-17)18-7-11-20(12-8-18)30-21-13-9-19(10-14-21)24(27)28/h1-15H,16H2. The third-order valence-corrected chi connectivity index (χ3v) is 4.02. The van der Waals surface area contributed by atoms with Crippen molar-refractivity contribution in [1.82, 2.24) is 0 Å². The van der Waals surface area contributed by atoms with Gasteiger partial charge in [-0.1, -0.05) is 30.3 Å². The Hall–Kier alpha value is -4.26. The van der Waals surface area contributed by atoms with E-state index in [4.69, 9.17) is 9.47 Å². The van der Waals surface area contributed by atoms with E-state index in [-0.39, 0.29) is 18.1 Å². The van der Waals surface area contributed by atoms with Crippen LogP contribution < -0.4 is 4.74 Å². The van der Waals surface area contributed by atoms with E-state index in [0.29, 0.717) is 17.1 Å². The highest BCUT2D eigenvalue weighted by Gasteiger charge is 2.10. The molecule has 3 aromatic rings. The van der Waals surface area contributed by atoms with Gasteiger partial charge in [0.15, 0.2) is 12.4 Å². The van der Waals surface area contributed by atoms with Gasteiger partial charge >= 0.3 is 5.97 Å². The largest absolute Gasteiger partial charge is 0.457 e. The fourth-order valence-electron chi connectivity index (χ4n) is 2.48. The van der Waals surface area contributed by atoms with Crippen molar-refractivity contribution in [2.75, 3.05) is 6.61 Å². The minimum atomic E-state index is -0.606. The Labute approximate surface area is 172 Å². The first-order valence-electron chi connectivity index (χ1n) is 8.97. The lowest BCUT2D eigenvalue weighted by Gasteiger charge is -2.07. The molecule has 0 aliphatic carbocycles. The quantitative estimate of drug-likeness (QED) is 0.176. The molecule has 3 aromatic carbocycles. The predicted octanol–water partition coefficient (Wildman–Crippen LogP) is 4.83. The summed E-state index contributed by atoms with van der Waals surface area (Å²) in [4.78, 5) is 34.1. The van der Waals surface area contributed by atoms with Gasteiger partial charge in [0.25, 0.3) is 5.69 Å². The van der Waals surface area contributed by atoms with E-state index in [0.717, 1.165) is 5.56 Å². The predicted molar refractivity (Wildman–Crippen MR) is 110 cm³/mol. The molecule has 0 fully saturated rings. The Kier molecular flexibility index (Phi) is 6.68. The maximum Gasteiger partial charge on any atom is 0.331 e. The van der Waals surface area contributed by atoms with Crippen molar-refractivity contribution in [2.24, 2.45) is 0 Å². The van der Waals surface area contributed by atoms with Crippen LogP contribution in [0.15, 0.2) is 84.9 Å². The van der Waals surface area contributed by atoms with Crippen molar-refractivity contribution in [2.45, 2.75) is 0 Å². The first-order chi connectivity index (χ1) is 14.5. The smallest absolute Gasteiger partial charge is 0.331 e. The zero-order valence-corrected chi connectivity index (χ0v) is 15.8. The summed E-state index contributed by atoms with van der Waals surface area (Å²) in [5.74, 6) is -0.0642. The van der Waals surface area contributed by atoms with Crippen LogP contribution in [0, 0.1) is 10.1 Å². The molecule has 0 amide bonds. The van der Waals surface area contributed by atoms with E-state index >= 15 is 0 Å². The second-order valence-electron chi connectivity index (χ2n) is 6.15. The van der Waals surface area contributed by atoms with Gasteiger partial charge in [-0.2, -0.15) is 0 Å². The molecule has 0 unspecified atom stereocenters. The molecule has 0 radical (unpaired) electrons. The molecule has 7 nitrogen and oxygen atoms in total. The fourth-order valence-corrected chi connectivity index (χ4v) is 2.48. The average Bonchev–Trinajstić information content (AvgIpc) is 2.77. The second kappa shape index (κ2) is 9.79. The van der Waals surface area contributed by atoms with Crippen LogP contribution in [0.1, 0.15) is 15.9 Å². The number of carbonyl (C=O) groups is 2. The highest BCUT2D eigenvalue weighted by Crippen LogP contribution is 2.24. The molecule has 0 spiro atoms. The van der Waals surface area contributed by atoms with E-state index in [9.17, 15) is 19.7 Å². The number of benzene rings is 3. The van der Waals surface area contributed by atoms with Gasteiger partial charge in [0, 0.05) is 23.8 Å². The van der Waals surface area contributed by atoms with Crippen LogP contribution in [0.3, 0.4) is 0 Å². The molecule has 3 rings (SSSR count). The van der Waals surface area contributed by atoms with Crippen LogP contribution >= 0.6 is 0 Å². The molecule has 150 valence electrons. The molecule has 0 saturated heterocycles. The lowest BCUT2D eigenvalue weighted by Crippen LogP contribution is -2.12. The molecular formula is C23H17NO6. The summed E-state index contributed by atoms with van der Waals surface area (Å²) in [6.07, 6.45) is 2.88. The number of hydrogen-bond acceptors (Lipinski definition) is 6. The summed E-state index contributed by atoms with van der Waals surface area (Å²) in [6, 6.07) is 21.2. The van der Waals surface area contributed by atoms with Gasteiger partial charge in [0.1, 0.15) is 11.5 Å². The third-order valence-electron chi connectivity index (χ3n) is 4.02.